The topological polar surface area (TPSA) is 31.4 Å². The van der Waals surface area contributed by atoms with Crippen molar-refractivity contribution in [2.75, 3.05) is 14.2 Å². The molecule has 0 saturated carbocycles. The predicted octanol–water partition coefficient (Wildman–Crippen LogP) is 5.00. The Morgan fingerprint density at radius 2 is 1.74 bits per heavy atom. The lowest BCUT2D eigenvalue weighted by molar-refractivity contribution is -0.140. The summed E-state index contributed by atoms with van der Waals surface area (Å²) >= 11 is 1.37. The van der Waals surface area contributed by atoms with Gasteiger partial charge in [-0.05, 0) is 23.6 Å². The van der Waals surface area contributed by atoms with Crippen LogP contribution < -0.4 is 9.47 Å². The van der Waals surface area contributed by atoms with Crippen molar-refractivity contribution in [3.05, 3.63) is 41.4 Å². The quantitative estimate of drug-likeness (QED) is 0.673. The van der Waals surface area contributed by atoms with Gasteiger partial charge in [-0.3, -0.25) is 0 Å². The maximum atomic E-state index is 13.2. The number of fused-ring (bicyclic) bond motifs is 1. The number of pyridine rings is 1. The fraction of sp³-hybridized carbons (Fsp3) is 0.188. The smallest absolute Gasteiger partial charge is 0.433 e. The number of aromatic nitrogens is 1. The molecule has 0 radical (unpaired) electrons. The number of hydrogen-bond donors (Lipinski definition) is 0. The Hall–Kier alpha value is -2.28. The molecule has 2 aromatic heterocycles. The molecule has 0 fully saturated rings. The largest absolute Gasteiger partial charge is 0.493 e. The molecular formula is C16H12F3NO2S. The van der Waals surface area contributed by atoms with E-state index < -0.39 is 11.9 Å². The Bertz CT molecular complexity index is 845. The van der Waals surface area contributed by atoms with Crippen LogP contribution in [0.4, 0.5) is 13.2 Å². The van der Waals surface area contributed by atoms with Crippen LogP contribution in [-0.4, -0.2) is 19.2 Å². The molecule has 1 aromatic carbocycles. The van der Waals surface area contributed by atoms with Crippen molar-refractivity contribution in [2.45, 2.75) is 6.18 Å². The maximum Gasteiger partial charge on any atom is 0.433 e. The van der Waals surface area contributed by atoms with Gasteiger partial charge >= 0.3 is 6.18 Å². The molecule has 120 valence electrons. The van der Waals surface area contributed by atoms with E-state index >= 15 is 0 Å². The Morgan fingerprint density at radius 1 is 1.04 bits per heavy atom. The van der Waals surface area contributed by atoms with Crippen molar-refractivity contribution in [2.24, 2.45) is 0 Å². The Morgan fingerprint density at radius 3 is 2.30 bits per heavy atom. The molecule has 2 heterocycles. The summed E-state index contributed by atoms with van der Waals surface area (Å²) in [5.41, 5.74) is -0.250. The van der Waals surface area contributed by atoms with Crippen molar-refractivity contribution in [1.82, 2.24) is 4.98 Å². The summed E-state index contributed by atoms with van der Waals surface area (Å²) in [6.45, 7) is 0. The van der Waals surface area contributed by atoms with Gasteiger partial charge < -0.3 is 9.47 Å². The molecule has 23 heavy (non-hydrogen) atoms. The van der Waals surface area contributed by atoms with Gasteiger partial charge in [-0.15, -0.1) is 11.3 Å². The third kappa shape index (κ3) is 2.84. The van der Waals surface area contributed by atoms with Gasteiger partial charge in [0.1, 0.15) is 5.69 Å². The predicted molar refractivity (Wildman–Crippen MR) is 83.2 cm³/mol. The van der Waals surface area contributed by atoms with Crippen molar-refractivity contribution >= 4 is 22.2 Å². The second kappa shape index (κ2) is 5.73. The first-order valence-corrected chi connectivity index (χ1v) is 7.50. The summed E-state index contributed by atoms with van der Waals surface area (Å²) in [4.78, 5) is 4.48. The van der Waals surface area contributed by atoms with Crippen LogP contribution in [0.15, 0.2) is 35.7 Å². The monoisotopic (exact) mass is 339 g/mol. The molecule has 0 aliphatic heterocycles. The molecule has 0 amide bonds. The fourth-order valence-corrected chi connectivity index (χ4v) is 3.09. The molecular weight excluding hydrogens is 327 g/mol. The van der Waals surface area contributed by atoms with Gasteiger partial charge in [0.2, 0.25) is 0 Å². The molecule has 0 N–H and O–H groups in total. The van der Waals surface area contributed by atoms with E-state index in [1.54, 1.807) is 18.2 Å². The van der Waals surface area contributed by atoms with Gasteiger partial charge in [-0.1, -0.05) is 6.07 Å². The highest BCUT2D eigenvalue weighted by atomic mass is 32.1. The molecule has 7 heteroatoms. The van der Waals surface area contributed by atoms with E-state index in [4.69, 9.17) is 9.47 Å². The van der Waals surface area contributed by atoms with Crippen LogP contribution in [0.5, 0.6) is 11.5 Å². The molecule has 0 spiro atoms. The highest BCUT2D eigenvalue weighted by Gasteiger charge is 2.33. The second-order valence-electron chi connectivity index (χ2n) is 4.75. The summed E-state index contributed by atoms with van der Waals surface area (Å²) in [5, 5.41) is 2.40. The lowest BCUT2D eigenvalue weighted by Crippen LogP contribution is -2.08. The first-order valence-electron chi connectivity index (χ1n) is 6.62. The van der Waals surface area contributed by atoms with Gasteiger partial charge in [-0.2, -0.15) is 13.2 Å². The molecule has 3 aromatic rings. The Balaban J connectivity index is 2.37. The number of rotatable bonds is 3. The first-order chi connectivity index (χ1) is 10.9. The second-order valence-corrected chi connectivity index (χ2v) is 5.70. The van der Waals surface area contributed by atoms with Crippen LogP contribution in [0.25, 0.3) is 21.3 Å². The number of hydrogen-bond acceptors (Lipinski definition) is 4. The van der Waals surface area contributed by atoms with E-state index in [2.05, 4.69) is 4.98 Å². The molecule has 3 nitrogen and oxygen atoms in total. The summed E-state index contributed by atoms with van der Waals surface area (Å²) < 4.78 is 49.9. The lowest BCUT2D eigenvalue weighted by atomic mass is 10.0. The number of methoxy groups -OCH3 is 2. The van der Waals surface area contributed by atoms with E-state index in [0.29, 0.717) is 22.4 Å². The van der Waals surface area contributed by atoms with Crippen molar-refractivity contribution in [1.29, 1.82) is 0 Å². The van der Waals surface area contributed by atoms with Crippen molar-refractivity contribution < 1.29 is 22.6 Å². The zero-order valence-electron chi connectivity index (χ0n) is 12.3. The summed E-state index contributed by atoms with van der Waals surface area (Å²) in [6.07, 6.45) is -4.52. The highest BCUT2D eigenvalue weighted by Crippen LogP contribution is 2.40. The zero-order chi connectivity index (χ0) is 16.6. The molecule has 0 aliphatic rings. The number of halogens is 3. The number of ether oxygens (including phenoxy) is 2. The summed E-state index contributed by atoms with van der Waals surface area (Å²) in [7, 11) is 2.91. The van der Waals surface area contributed by atoms with E-state index in [0.717, 1.165) is 10.9 Å². The Kier molecular flexibility index (Phi) is 3.89. The van der Waals surface area contributed by atoms with Gasteiger partial charge in [0.15, 0.2) is 11.5 Å². The van der Waals surface area contributed by atoms with Crippen LogP contribution in [0.2, 0.25) is 0 Å². The Labute approximate surface area is 134 Å². The van der Waals surface area contributed by atoms with Crippen LogP contribution in [0.3, 0.4) is 0 Å². The number of thiophene rings is 1. The standard InChI is InChI=1S/C16H12F3NO2S/c1-21-12-6-9-10(14-4-3-5-23-14)7-15(16(17,18)19)20-11(9)8-13(12)22-2/h3-8H,1-2H3. The normalized spacial score (nSPS) is 11.7. The van der Waals surface area contributed by atoms with E-state index in [1.165, 1.54) is 31.6 Å². The van der Waals surface area contributed by atoms with E-state index in [9.17, 15) is 13.2 Å². The van der Waals surface area contributed by atoms with Crippen LogP contribution in [-0.2, 0) is 6.18 Å². The molecule has 0 atom stereocenters. The average Bonchev–Trinajstić information content (AvgIpc) is 3.05. The van der Waals surface area contributed by atoms with Gasteiger partial charge in [0.05, 0.1) is 19.7 Å². The minimum atomic E-state index is -4.52. The van der Waals surface area contributed by atoms with E-state index in [1.807, 2.05) is 5.38 Å². The maximum absolute atomic E-state index is 13.2. The number of benzene rings is 1. The molecule has 0 bridgehead atoms. The van der Waals surface area contributed by atoms with Crippen molar-refractivity contribution in [3.8, 4) is 21.9 Å². The average molecular weight is 339 g/mol. The molecule has 0 aliphatic carbocycles. The van der Waals surface area contributed by atoms with Gasteiger partial charge in [-0.25, -0.2) is 4.98 Å². The van der Waals surface area contributed by atoms with Crippen LogP contribution >= 0.6 is 11.3 Å². The molecule has 0 saturated heterocycles. The highest BCUT2D eigenvalue weighted by molar-refractivity contribution is 7.13. The van der Waals surface area contributed by atoms with Gasteiger partial charge in [0, 0.05) is 21.9 Å². The summed E-state index contributed by atoms with van der Waals surface area (Å²) in [5.74, 6) is 0.781. The molecule has 0 unspecified atom stereocenters. The third-order valence-electron chi connectivity index (χ3n) is 3.39. The third-order valence-corrected chi connectivity index (χ3v) is 4.29. The summed E-state index contributed by atoms with van der Waals surface area (Å²) in [6, 6.07) is 7.74. The number of alkyl halides is 3. The lowest BCUT2D eigenvalue weighted by Gasteiger charge is -2.14. The van der Waals surface area contributed by atoms with E-state index in [-0.39, 0.29) is 5.52 Å². The van der Waals surface area contributed by atoms with Crippen LogP contribution in [0, 0.1) is 0 Å². The first kappa shape index (κ1) is 15.6. The minimum Gasteiger partial charge on any atom is -0.493 e. The van der Waals surface area contributed by atoms with Crippen molar-refractivity contribution in [3.63, 3.8) is 0 Å². The van der Waals surface area contributed by atoms with Crippen LogP contribution in [0.1, 0.15) is 5.69 Å². The minimum absolute atomic E-state index is 0.209. The SMILES string of the molecule is COc1cc2nc(C(F)(F)F)cc(-c3cccs3)c2cc1OC. The fourth-order valence-electron chi connectivity index (χ4n) is 2.33. The van der Waals surface area contributed by atoms with Gasteiger partial charge in [0.25, 0.3) is 0 Å². The zero-order valence-corrected chi connectivity index (χ0v) is 13.1. The number of nitrogens with zero attached hydrogens (tertiary/aromatic N) is 1. The molecule has 3 rings (SSSR count).